The van der Waals surface area contributed by atoms with Gasteiger partial charge in [0.05, 0.1) is 10.9 Å². The van der Waals surface area contributed by atoms with Crippen molar-refractivity contribution in [1.82, 2.24) is 10.3 Å². The van der Waals surface area contributed by atoms with Crippen molar-refractivity contribution < 1.29 is 4.79 Å². The van der Waals surface area contributed by atoms with E-state index >= 15 is 0 Å². The highest BCUT2D eigenvalue weighted by molar-refractivity contribution is 9.10. The molecular weight excluding hydrogens is 268 g/mol. The van der Waals surface area contributed by atoms with Crippen LogP contribution in [0, 0.1) is 5.92 Å². The minimum atomic E-state index is -0.142. The maximum absolute atomic E-state index is 11.8. The van der Waals surface area contributed by atoms with Gasteiger partial charge in [0.15, 0.2) is 0 Å². The largest absolute Gasteiger partial charge is 0.349 e. The normalized spacial score (nSPS) is 14.6. The van der Waals surface area contributed by atoms with Gasteiger partial charge in [0.1, 0.15) is 0 Å². The Hall–Kier alpha value is -0.900. The average molecular weight is 285 g/mol. The number of hydrogen-bond acceptors (Lipinski definition) is 2. The van der Waals surface area contributed by atoms with Crippen molar-refractivity contribution >= 4 is 21.8 Å². The number of nitrogens with zero attached hydrogens (tertiary/aromatic N) is 1. The Morgan fingerprint density at radius 1 is 1.31 bits per heavy atom. The van der Waals surface area contributed by atoms with Gasteiger partial charge >= 0.3 is 0 Å². The maximum Gasteiger partial charge on any atom is 0.234 e. The minimum absolute atomic E-state index is 0.00861. The number of carbonyl (C=O) groups is 1. The molecule has 0 radical (unpaired) electrons. The molecule has 1 rings (SSSR count). The highest BCUT2D eigenvalue weighted by Crippen LogP contribution is 2.15. The molecule has 1 aromatic rings. The van der Waals surface area contributed by atoms with Gasteiger partial charge in [-0.2, -0.15) is 0 Å². The molecule has 0 spiro atoms. The number of amides is 1. The number of pyridine rings is 1. The number of halogens is 1. The highest BCUT2D eigenvalue weighted by atomic mass is 79.9. The second-order valence-corrected chi connectivity index (χ2v) is 5.14. The SMILES string of the molecule is CC(C)C(Br)C(=O)N[C@H](C)c1ccncc1. The van der Waals surface area contributed by atoms with Gasteiger partial charge < -0.3 is 5.32 Å². The van der Waals surface area contributed by atoms with E-state index in [1.165, 1.54) is 0 Å². The summed E-state index contributed by atoms with van der Waals surface area (Å²) >= 11 is 3.38. The van der Waals surface area contributed by atoms with E-state index < -0.39 is 0 Å². The minimum Gasteiger partial charge on any atom is -0.349 e. The first kappa shape index (κ1) is 13.2. The lowest BCUT2D eigenvalue weighted by atomic mass is 10.1. The number of nitrogens with one attached hydrogen (secondary N) is 1. The zero-order chi connectivity index (χ0) is 12.1. The predicted octanol–water partition coefficient (Wildman–Crippen LogP) is 2.68. The lowest BCUT2D eigenvalue weighted by molar-refractivity contribution is -0.121. The second kappa shape index (κ2) is 5.99. The topological polar surface area (TPSA) is 42.0 Å². The van der Waals surface area contributed by atoms with E-state index in [9.17, 15) is 4.79 Å². The molecule has 88 valence electrons. The number of aromatic nitrogens is 1. The Labute approximate surface area is 105 Å². The molecule has 0 saturated heterocycles. The summed E-state index contributed by atoms with van der Waals surface area (Å²) in [5.74, 6) is 0.309. The third-order valence-corrected chi connectivity index (χ3v) is 3.87. The van der Waals surface area contributed by atoms with Crippen LogP contribution in [-0.4, -0.2) is 15.7 Å². The zero-order valence-electron chi connectivity index (χ0n) is 9.77. The lowest BCUT2D eigenvalue weighted by Gasteiger charge is -2.18. The lowest BCUT2D eigenvalue weighted by Crippen LogP contribution is -2.35. The van der Waals surface area contributed by atoms with Crippen LogP contribution in [0.2, 0.25) is 0 Å². The van der Waals surface area contributed by atoms with E-state index in [0.717, 1.165) is 5.56 Å². The molecule has 1 amide bonds. The number of alkyl halides is 1. The Bertz CT molecular complexity index is 340. The fourth-order valence-electron chi connectivity index (χ4n) is 1.33. The molecule has 0 saturated carbocycles. The summed E-state index contributed by atoms with van der Waals surface area (Å²) in [6, 6.07) is 3.82. The third-order valence-electron chi connectivity index (χ3n) is 2.40. The van der Waals surface area contributed by atoms with Gasteiger partial charge in [-0.1, -0.05) is 29.8 Å². The molecule has 0 aliphatic rings. The van der Waals surface area contributed by atoms with E-state index in [1.807, 2.05) is 32.9 Å². The first-order chi connectivity index (χ1) is 7.52. The average Bonchev–Trinajstić information content (AvgIpc) is 2.28. The Balaban J connectivity index is 2.58. The Morgan fingerprint density at radius 2 is 1.88 bits per heavy atom. The summed E-state index contributed by atoms with van der Waals surface area (Å²) in [6.07, 6.45) is 3.46. The van der Waals surface area contributed by atoms with Crippen molar-refractivity contribution in [2.45, 2.75) is 31.6 Å². The van der Waals surface area contributed by atoms with Crippen LogP contribution in [0.15, 0.2) is 24.5 Å². The van der Waals surface area contributed by atoms with Crippen molar-refractivity contribution in [3.63, 3.8) is 0 Å². The molecule has 2 atom stereocenters. The second-order valence-electron chi connectivity index (χ2n) is 4.16. The first-order valence-corrected chi connectivity index (χ1v) is 6.28. The monoisotopic (exact) mass is 284 g/mol. The molecule has 1 aromatic heterocycles. The van der Waals surface area contributed by atoms with Gasteiger partial charge in [0.2, 0.25) is 5.91 Å². The van der Waals surface area contributed by atoms with E-state index in [1.54, 1.807) is 12.4 Å². The summed E-state index contributed by atoms with van der Waals surface area (Å²) in [4.78, 5) is 15.6. The first-order valence-electron chi connectivity index (χ1n) is 5.36. The molecule has 0 aromatic carbocycles. The summed E-state index contributed by atoms with van der Waals surface area (Å²) < 4.78 is 0. The molecular formula is C12H17BrN2O. The Morgan fingerprint density at radius 3 is 2.38 bits per heavy atom. The molecule has 0 aliphatic heterocycles. The molecule has 1 unspecified atom stereocenters. The van der Waals surface area contributed by atoms with Gasteiger partial charge in [-0.15, -0.1) is 0 Å². The molecule has 0 bridgehead atoms. The molecule has 3 nitrogen and oxygen atoms in total. The summed E-state index contributed by atoms with van der Waals surface area (Å²) in [5, 5.41) is 2.96. The van der Waals surface area contributed by atoms with E-state index in [4.69, 9.17) is 0 Å². The maximum atomic E-state index is 11.8. The van der Waals surface area contributed by atoms with Crippen LogP contribution in [0.25, 0.3) is 0 Å². The van der Waals surface area contributed by atoms with Gasteiger partial charge in [0.25, 0.3) is 0 Å². The van der Waals surface area contributed by atoms with Crippen molar-refractivity contribution in [1.29, 1.82) is 0 Å². The van der Waals surface area contributed by atoms with Crippen LogP contribution in [-0.2, 0) is 4.79 Å². The van der Waals surface area contributed by atoms with E-state index in [2.05, 4.69) is 26.2 Å². The van der Waals surface area contributed by atoms with Crippen molar-refractivity contribution in [2.24, 2.45) is 5.92 Å². The fraction of sp³-hybridized carbons (Fsp3) is 0.500. The smallest absolute Gasteiger partial charge is 0.234 e. The van der Waals surface area contributed by atoms with E-state index in [-0.39, 0.29) is 22.7 Å². The third kappa shape index (κ3) is 3.59. The van der Waals surface area contributed by atoms with Crippen LogP contribution >= 0.6 is 15.9 Å². The molecule has 4 heteroatoms. The predicted molar refractivity (Wildman–Crippen MR) is 68.3 cm³/mol. The van der Waals surface area contributed by atoms with Crippen LogP contribution < -0.4 is 5.32 Å². The summed E-state index contributed by atoms with van der Waals surface area (Å²) in [7, 11) is 0. The standard InChI is InChI=1S/C12H17BrN2O/c1-8(2)11(13)12(16)15-9(3)10-4-6-14-7-5-10/h4-9,11H,1-3H3,(H,15,16)/t9-,11?/m1/s1. The molecule has 0 aliphatic carbocycles. The zero-order valence-corrected chi connectivity index (χ0v) is 11.4. The summed E-state index contributed by atoms with van der Waals surface area (Å²) in [5.41, 5.74) is 1.06. The summed E-state index contributed by atoms with van der Waals surface area (Å²) in [6.45, 7) is 5.99. The quantitative estimate of drug-likeness (QED) is 0.864. The van der Waals surface area contributed by atoms with E-state index in [0.29, 0.717) is 0 Å². The molecule has 0 fully saturated rings. The van der Waals surface area contributed by atoms with Crippen LogP contribution in [0.5, 0.6) is 0 Å². The Kier molecular flexibility index (Phi) is 4.93. The van der Waals surface area contributed by atoms with Gasteiger partial charge in [-0.3, -0.25) is 9.78 Å². The number of rotatable bonds is 4. The van der Waals surface area contributed by atoms with Gasteiger partial charge in [0, 0.05) is 12.4 Å². The van der Waals surface area contributed by atoms with Crippen molar-refractivity contribution in [3.05, 3.63) is 30.1 Å². The van der Waals surface area contributed by atoms with Crippen LogP contribution in [0.3, 0.4) is 0 Å². The van der Waals surface area contributed by atoms with Crippen molar-refractivity contribution in [3.8, 4) is 0 Å². The molecule has 16 heavy (non-hydrogen) atoms. The molecule has 1 heterocycles. The highest BCUT2D eigenvalue weighted by Gasteiger charge is 2.20. The van der Waals surface area contributed by atoms with Crippen LogP contribution in [0.4, 0.5) is 0 Å². The van der Waals surface area contributed by atoms with Gasteiger partial charge in [-0.25, -0.2) is 0 Å². The number of carbonyl (C=O) groups excluding carboxylic acids is 1. The van der Waals surface area contributed by atoms with Crippen LogP contribution in [0.1, 0.15) is 32.4 Å². The fourth-order valence-corrected chi connectivity index (χ4v) is 1.46. The van der Waals surface area contributed by atoms with Crippen molar-refractivity contribution in [2.75, 3.05) is 0 Å². The molecule has 1 N–H and O–H groups in total. The number of hydrogen-bond donors (Lipinski definition) is 1. The van der Waals surface area contributed by atoms with Gasteiger partial charge in [-0.05, 0) is 30.5 Å².